The number of nitrogens with zero attached hydrogens (tertiary/aromatic N) is 2. The van der Waals surface area contributed by atoms with Crippen molar-refractivity contribution in [2.45, 2.75) is 32.4 Å². The number of benzene rings is 1. The summed E-state index contributed by atoms with van der Waals surface area (Å²) in [5.41, 5.74) is 2.95. The molecule has 3 rings (SSSR count). The van der Waals surface area contributed by atoms with Gasteiger partial charge in [0.2, 0.25) is 0 Å². The topological polar surface area (TPSA) is 33.2 Å². The summed E-state index contributed by atoms with van der Waals surface area (Å²) in [6.07, 6.45) is 5.74. The fourth-order valence-electron chi connectivity index (χ4n) is 2.41. The summed E-state index contributed by atoms with van der Waals surface area (Å²) in [7, 11) is 0. The Kier molecular flexibility index (Phi) is 4.06. The fourth-order valence-corrected chi connectivity index (χ4v) is 2.84. The molecular formula is C17H17BrN2O. The monoisotopic (exact) mass is 344 g/mol. The number of hydrogen-bond donors (Lipinski definition) is 0. The van der Waals surface area contributed by atoms with E-state index >= 15 is 0 Å². The van der Waals surface area contributed by atoms with E-state index in [0.29, 0.717) is 12.6 Å². The number of aryl methyl sites for hydroxylation is 1. The molecule has 1 aromatic carbocycles. The molecule has 21 heavy (non-hydrogen) atoms. The lowest BCUT2D eigenvalue weighted by atomic mass is 10.1. The van der Waals surface area contributed by atoms with E-state index in [9.17, 15) is 4.79 Å². The Morgan fingerprint density at radius 2 is 2.00 bits per heavy atom. The van der Waals surface area contributed by atoms with Gasteiger partial charge in [0.15, 0.2) is 0 Å². The second kappa shape index (κ2) is 5.98. The molecule has 0 bridgehead atoms. The van der Waals surface area contributed by atoms with Crippen molar-refractivity contribution in [2.75, 3.05) is 0 Å². The Morgan fingerprint density at radius 3 is 2.67 bits per heavy atom. The number of hydrogen-bond acceptors (Lipinski definition) is 2. The second-order valence-corrected chi connectivity index (χ2v) is 6.25. The van der Waals surface area contributed by atoms with E-state index in [1.54, 1.807) is 12.4 Å². The summed E-state index contributed by atoms with van der Waals surface area (Å²) in [4.78, 5) is 18.9. The molecule has 1 fully saturated rings. The van der Waals surface area contributed by atoms with E-state index in [1.807, 2.05) is 42.2 Å². The molecule has 1 amide bonds. The Balaban J connectivity index is 1.87. The summed E-state index contributed by atoms with van der Waals surface area (Å²) < 4.78 is 0.898. The van der Waals surface area contributed by atoms with E-state index < -0.39 is 0 Å². The van der Waals surface area contributed by atoms with Crippen LogP contribution in [-0.4, -0.2) is 21.8 Å². The van der Waals surface area contributed by atoms with Crippen LogP contribution < -0.4 is 0 Å². The van der Waals surface area contributed by atoms with Gasteiger partial charge < -0.3 is 4.90 Å². The van der Waals surface area contributed by atoms with E-state index in [4.69, 9.17) is 0 Å². The molecule has 1 aliphatic rings. The lowest BCUT2D eigenvalue weighted by Crippen LogP contribution is -2.32. The summed E-state index contributed by atoms with van der Waals surface area (Å²) in [5.74, 6) is 0.102. The van der Waals surface area contributed by atoms with Gasteiger partial charge in [-0.05, 0) is 65.0 Å². The van der Waals surface area contributed by atoms with Crippen LogP contribution in [0.1, 0.15) is 34.3 Å². The largest absolute Gasteiger partial charge is 0.331 e. The number of pyridine rings is 1. The average molecular weight is 345 g/mol. The van der Waals surface area contributed by atoms with Gasteiger partial charge in [0.25, 0.3) is 5.91 Å². The first-order valence-corrected chi connectivity index (χ1v) is 7.91. The Hall–Kier alpha value is -1.68. The number of halogens is 1. The normalized spacial score (nSPS) is 14.0. The first-order valence-electron chi connectivity index (χ1n) is 7.12. The standard InChI is InChI=1S/C17H17BrN2O/c1-12-3-2-4-15(16(12)18)17(21)20(14-5-6-14)11-13-7-9-19-10-8-13/h2-4,7-10,14H,5-6,11H2,1H3. The van der Waals surface area contributed by atoms with Crippen LogP contribution in [0.25, 0.3) is 0 Å². The highest BCUT2D eigenvalue weighted by molar-refractivity contribution is 9.10. The maximum Gasteiger partial charge on any atom is 0.255 e. The second-order valence-electron chi connectivity index (χ2n) is 5.46. The summed E-state index contributed by atoms with van der Waals surface area (Å²) in [6, 6.07) is 10.1. The molecule has 1 aliphatic carbocycles. The SMILES string of the molecule is Cc1cccc(C(=O)N(Cc2ccncc2)C2CC2)c1Br. The van der Waals surface area contributed by atoms with Crippen LogP contribution in [0.5, 0.6) is 0 Å². The van der Waals surface area contributed by atoms with Crippen LogP contribution in [0.3, 0.4) is 0 Å². The van der Waals surface area contributed by atoms with Gasteiger partial charge in [0, 0.05) is 29.5 Å². The zero-order valence-electron chi connectivity index (χ0n) is 11.9. The van der Waals surface area contributed by atoms with Gasteiger partial charge in [0.05, 0.1) is 5.56 Å². The van der Waals surface area contributed by atoms with E-state index in [-0.39, 0.29) is 5.91 Å². The maximum atomic E-state index is 12.9. The van der Waals surface area contributed by atoms with Crippen molar-refractivity contribution in [1.82, 2.24) is 9.88 Å². The molecular weight excluding hydrogens is 328 g/mol. The smallest absolute Gasteiger partial charge is 0.255 e. The number of aromatic nitrogens is 1. The molecule has 1 saturated carbocycles. The third-order valence-corrected chi connectivity index (χ3v) is 4.83. The van der Waals surface area contributed by atoms with Crippen molar-refractivity contribution in [3.05, 3.63) is 63.9 Å². The van der Waals surface area contributed by atoms with Crippen molar-refractivity contribution in [2.24, 2.45) is 0 Å². The molecule has 108 valence electrons. The van der Waals surface area contributed by atoms with E-state index in [1.165, 1.54) is 0 Å². The minimum atomic E-state index is 0.102. The van der Waals surface area contributed by atoms with Gasteiger partial charge in [0.1, 0.15) is 0 Å². The Bertz CT molecular complexity index is 653. The minimum absolute atomic E-state index is 0.102. The van der Waals surface area contributed by atoms with Gasteiger partial charge in [-0.25, -0.2) is 0 Å². The molecule has 0 aliphatic heterocycles. The highest BCUT2D eigenvalue weighted by Gasteiger charge is 2.33. The fraction of sp³-hybridized carbons (Fsp3) is 0.294. The van der Waals surface area contributed by atoms with Crippen LogP contribution >= 0.6 is 15.9 Å². The molecule has 3 nitrogen and oxygen atoms in total. The van der Waals surface area contributed by atoms with Gasteiger partial charge in [-0.1, -0.05) is 12.1 Å². The van der Waals surface area contributed by atoms with Crippen LogP contribution in [0.2, 0.25) is 0 Å². The minimum Gasteiger partial charge on any atom is -0.331 e. The predicted octanol–water partition coefficient (Wildman–Crippen LogP) is 3.96. The van der Waals surface area contributed by atoms with E-state index in [2.05, 4.69) is 20.9 Å². The first kappa shape index (κ1) is 14.3. The molecule has 0 N–H and O–H groups in total. The molecule has 0 atom stereocenters. The first-order chi connectivity index (χ1) is 10.2. The van der Waals surface area contributed by atoms with Crippen LogP contribution in [0.15, 0.2) is 47.2 Å². The molecule has 0 radical (unpaired) electrons. The summed E-state index contributed by atoms with van der Waals surface area (Å²) >= 11 is 3.55. The van der Waals surface area contributed by atoms with Crippen molar-refractivity contribution < 1.29 is 4.79 Å². The van der Waals surface area contributed by atoms with Crippen LogP contribution in [0, 0.1) is 6.92 Å². The number of carbonyl (C=O) groups excluding carboxylic acids is 1. The van der Waals surface area contributed by atoms with Crippen molar-refractivity contribution in [3.8, 4) is 0 Å². The molecule has 0 spiro atoms. The molecule has 1 aromatic heterocycles. The van der Waals surface area contributed by atoms with E-state index in [0.717, 1.165) is 34.0 Å². The zero-order valence-corrected chi connectivity index (χ0v) is 13.5. The highest BCUT2D eigenvalue weighted by Crippen LogP contribution is 2.31. The third-order valence-electron chi connectivity index (χ3n) is 3.77. The number of amides is 1. The lowest BCUT2D eigenvalue weighted by Gasteiger charge is -2.23. The summed E-state index contributed by atoms with van der Waals surface area (Å²) in [6.45, 7) is 2.65. The molecule has 0 saturated heterocycles. The van der Waals surface area contributed by atoms with Crippen molar-refractivity contribution in [3.63, 3.8) is 0 Å². The predicted molar refractivity (Wildman–Crippen MR) is 86.0 cm³/mol. The average Bonchev–Trinajstić information content (AvgIpc) is 3.33. The molecule has 1 heterocycles. The van der Waals surface area contributed by atoms with Crippen molar-refractivity contribution in [1.29, 1.82) is 0 Å². The Labute approximate surface area is 133 Å². The quantitative estimate of drug-likeness (QED) is 0.840. The maximum absolute atomic E-state index is 12.9. The molecule has 2 aromatic rings. The lowest BCUT2D eigenvalue weighted by molar-refractivity contribution is 0.0729. The van der Waals surface area contributed by atoms with Crippen molar-refractivity contribution >= 4 is 21.8 Å². The zero-order chi connectivity index (χ0) is 14.8. The van der Waals surface area contributed by atoms with Gasteiger partial charge in [-0.15, -0.1) is 0 Å². The van der Waals surface area contributed by atoms with Gasteiger partial charge in [-0.2, -0.15) is 0 Å². The van der Waals surface area contributed by atoms with Gasteiger partial charge in [-0.3, -0.25) is 9.78 Å². The van der Waals surface area contributed by atoms with Gasteiger partial charge >= 0.3 is 0 Å². The number of rotatable bonds is 4. The van der Waals surface area contributed by atoms with Crippen LogP contribution in [0.4, 0.5) is 0 Å². The summed E-state index contributed by atoms with van der Waals surface area (Å²) in [5, 5.41) is 0. The molecule has 0 unspecified atom stereocenters. The number of carbonyl (C=O) groups is 1. The highest BCUT2D eigenvalue weighted by atomic mass is 79.9. The molecule has 4 heteroatoms. The third kappa shape index (κ3) is 3.16. The Morgan fingerprint density at radius 1 is 1.29 bits per heavy atom. The van der Waals surface area contributed by atoms with Crippen LogP contribution in [-0.2, 0) is 6.54 Å².